The van der Waals surface area contributed by atoms with Crippen LogP contribution >= 0.6 is 0 Å². The highest BCUT2D eigenvalue weighted by Gasteiger charge is 2.15. The zero-order valence-electron chi connectivity index (χ0n) is 10.4. The van der Waals surface area contributed by atoms with Gasteiger partial charge in [-0.25, -0.2) is 0 Å². The molecule has 0 aliphatic rings. The maximum atomic E-state index is 11.6. The first kappa shape index (κ1) is 11.5. The van der Waals surface area contributed by atoms with Gasteiger partial charge in [0.2, 0.25) is 0 Å². The van der Waals surface area contributed by atoms with Crippen LogP contribution < -0.4 is 5.73 Å². The molecule has 3 rings (SSSR count). The van der Waals surface area contributed by atoms with Gasteiger partial charge in [0.1, 0.15) is 5.69 Å². The minimum Gasteiger partial charge on any atom is -0.364 e. The SMILES string of the molecule is NC(=O)c1[nH]c2ccccc2c1Cc1ccccc1. The van der Waals surface area contributed by atoms with Crippen LogP contribution in [0.15, 0.2) is 54.6 Å². The number of aromatic nitrogens is 1. The van der Waals surface area contributed by atoms with Crippen molar-refractivity contribution in [2.24, 2.45) is 5.73 Å². The fourth-order valence-corrected chi connectivity index (χ4v) is 2.39. The molecule has 19 heavy (non-hydrogen) atoms. The number of amides is 1. The number of carbonyl (C=O) groups excluding carboxylic acids is 1. The molecule has 3 heteroatoms. The Kier molecular flexibility index (Phi) is 2.80. The van der Waals surface area contributed by atoms with E-state index in [9.17, 15) is 4.79 Å². The summed E-state index contributed by atoms with van der Waals surface area (Å²) in [5.41, 5.74) is 9.04. The number of benzene rings is 2. The van der Waals surface area contributed by atoms with Gasteiger partial charge in [-0.3, -0.25) is 4.79 Å². The molecular formula is C16H14N2O. The Morgan fingerprint density at radius 3 is 2.42 bits per heavy atom. The van der Waals surface area contributed by atoms with Gasteiger partial charge in [0.25, 0.3) is 5.91 Å². The molecule has 0 saturated heterocycles. The van der Waals surface area contributed by atoms with Gasteiger partial charge in [-0.15, -0.1) is 0 Å². The first-order valence-corrected chi connectivity index (χ1v) is 6.19. The molecule has 0 aliphatic heterocycles. The van der Waals surface area contributed by atoms with Crippen molar-refractivity contribution < 1.29 is 4.79 Å². The van der Waals surface area contributed by atoms with Crippen molar-refractivity contribution in [1.29, 1.82) is 0 Å². The highest BCUT2D eigenvalue weighted by molar-refractivity contribution is 6.00. The highest BCUT2D eigenvalue weighted by Crippen LogP contribution is 2.24. The number of para-hydroxylation sites is 1. The maximum absolute atomic E-state index is 11.6. The fraction of sp³-hybridized carbons (Fsp3) is 0.0625. The predicted octanol–water partition coefficient (Wildman–Crippen LogP) is 2.86. The second-order valence-electron chi connectivity index (χ2n) is 4.55. The molecule has 0 aliphatic carbocycles. The van der Waals surface area contributed by atoms with Gasteiger partial charge in [-0.05, 0) is 17.2 Å². The van der Waals surface area contributed by atoms with E-state index in [0.717, 1.165) is 22.0 Å². The highest BCUT2D eigenvalue weighted by atomic mass is 16.1. The minimum atomic E-state index is -0.415. The minimum absolute atomic E-state index is 0.415. The lowest BCUT2D eigenvalue weighted by Crippen LogP contribution is -2.13. The molecule has 1 heterocycles. The molecule has 3 nitrogen and oxygen atoms in total. The zero-order chi connectivity index (χ0) is 13.2. The summed E-state index contributed by atoms with van der Waals surface area (Å²) in [5.74, 6) is -0.415. The summed E-state index contributed by atoms with van der Waals surface area (Å²) in [6.07, 6.45) is 0.698. The average molecular weight is 250 g/mol. The summed E-state index contributed by atoms with van der Waals surface area (Å²) in [7, 11) is 0. The Morgan fingerprint density at radius 1 is 1.00 bits per heavy atom. The number of H-pyrrole nitrogens is 1. The van der Waals surface area contributed by atoms with E-state index in [1.54, 1.807) is 0 Å². The van der Waals surface area contributed by atoms with E-state index < -0.39 is 5.91 Å². The second kappa shape index (κ2) is 4.61. The Hall–Kier alpha value is -2.55. The number of hydrogen-bond acceptors (Lipinski definition) is 1. The molecule has 0 bridgehead atoms. The quantitative estimate of drug-likeness (QED) is 0.737. The van der Waals surface area contributed by atoms with Gasteiger partial charge in [0, 0.05) is 17.3 Å². The Bertz CT molecular complexity index is 729. The number of nitrogens with two attached hydrogens (primary N) is 1. The summed E-state index contributed by atoms with van der Waals surface area (Å²) in [6.45, 7) is 0. The van der Waals surface area contributed by atoms with Crippen molar-refractivity contribution in [1.82, 2.24) is 4.98 Å². The van der Waals surface area contributed by atoms with Gasteiger partial charge in [-0.2, -0.15) is 0 Å². The molecule has 3 aromatic rings. The van der Waals surface area contributed by atoms with E-state index in [0.29, 0.717) is 12.1 Å². The van der Waals surface area contributed by atoms with Crippen LogP contribution in [0, 0.1) is 0 Å². The smallest absolute Gasteiger partial charge is 0.265 e. The topological polar surface area (TPSA) is 58.9 Å². The molecule has 0 atom stereocenters. The fourth-order valence-electron chi connectivity index (χ4n) is 2.39. The molecular weight excluding hydrogens is 236 g/mol. The van der Waals surface area contributed by atoms with Gasteiger partial charge < -0.3 is 10.7 Å². The summed E-state index contributed by atoms with van der Waals surface area (Å²) in [6, 6.07) is 17.9. The second-order valence-corrected chi connectivity index (χ2v) is 4.55. The molecule has 0 spiro atoms. The number of aromatic amines is 1. The van der Waals surface area contributed by atoms with Crippen LogP contribution in [0.2, 0.25) is 0 Å². The maximum Gasteiger partial charge on any atom is 0.265 e. The molecule has 0 fully saturated rings. The molecule has 0 saturated carbocycles. The molecule has 0 unspecified atom stereocenters. The number of hydrogen-bond donors (Lipinski definition) is 2. The van der Waals surface area contributed by atoms with Gasteiger partial charge in [0.05, 0.1) is 0 Å². The number of rotatable bonds is 3. The van der Waals surface area contributed by atoms with Crippen molar-refractivity contribution in [2.45, 2.75) is 6.42 Å². The molecule has 0 radical (unpaired) electrons. The van der Waals surface area contributed by atoms with Crippen LogP contribution in [0.5, 0.6) is 0 Å². The molecule has 94 valence electrons. The summed E-state index contributed by atoms with van der Waals surface area (Å²) < 4.78 is 0. The first-order valence-electron chi connectivity index (χ1n) is 6.19. The summed E-state index contributed by atoms with van der Waals surface area (Å²) in [4.78, 5) is 14.7. The normalized spacial score (nSPS) is 10.7. The van der Waals surface area contributed by atoms with Crippen molar-refractivity contribution in [3.63, 3.8) is 0 Å². The number of nitrogens with one attached hydrogen (secondary N) is 1. The Balaban J connectivity index is 2.15. The largest absolute Gasteiger partial charge is 0.364 e. The summed E-state index contributed by atoms with van der Waals surface area (Å²) in [5, 5.41) is 1.06. The number of primary amides is 1. The van der Waals surface area contributed by atoms with Crippen LogP contribution in [0.4, 0.5) is 0 Å². The lowest BCUT2D eigenvalue weighted by Gasteiger charge is -2.02. The van der Waals surface area contributed by atoms with Gasteiger partial charge in [-0.1, -0.05) is 48.5 Å². The Morgan fingerprint density at radius 2 is 1.68 bits per heavy atom. The third-order valence-electron chi connectivity index (χ3n) is 3.28. The van der Waals surface area contributed by atoms with Crippen LogP contribution in [-0.2, 0) is 6.42 Å². The predicted molar refractivity (Wildman–Crippen MR) is 76.1 cm³/mol. The summed E-state index contributed by atoms with van der Waals surface area (Å²) >= 11 is 0. The van der Waals surface area contributed by atoms with Crippen molar-refractivity contribution in [3.05, 3.63) is 71.4 Å². The van der Waals surface area contributed by atoms with Crippen LogP contribution in [0.25, 0.3) is 10.9 Å². The van der Waals surface area contributed by atoms with E-state index in [1.807, 2.05) is 54.6 Å². The molecule has 1 aromatic heterocycles. The standard InChI is InChI=1S/C16H14N2O/c17-16(19)15-13(10-11-6-2-1-3-7-11)12-8-4-5-9-14(12)18-15/h1-9,18H,10H2,(H2,17,19). The van der Waals surface area contributed by atoms with Gasteiger partial charge in [0.15, 0.2) is 0 Å². The van der Waals surface area contributed by atoms with Gasteiger partial charge >= 0.3 is 0 Å². The van der Waals surface area contributed by atoms with Crippen LogP contribution in [0.1, 0.15) is 21.6 Å². The van der Waals surface area contributed by atoms with E-state index in [-0.39, 0.29) is 0 Å². The van der Waals surface area contributed by atoms with Crippen LogP contribution in [0.3, 0.4) is 0 Å². The monoisotopic (exact) mass is 250 g/mol. The van der Waals surface area contributed by atoms with E-state index in [4.69, 9.17) is 5.73 Å². The number of fused-ring (bicyclic) bond motifs is 1. The molecule has 3 N–H and O–H groups in total. The third-order valence-corrected chi connectivity index (χ3v) is 3.28. The third kappa shape index (κ3) is 2.10. The lowest BCUT2D eigenvalue weighted by atomic mass is 10.0. The molecule has 1 amide bonds. The zero-order valence-corrected chi connectivity index (χ0v) is 10.4. The van der Waals surface area contributed by atoms with E-state index >= 15 is 0 Å². The Labute approximate surface area is 111 Å². The average Bonchev–Trinajstić information content (AvgIpc) is 2.79. The van der Waals surface area contributed by atoms with E-state index in [1.165, 1.54) is 0 Å². The van der Waals surface area contributed by atoms with Crippen molar-refractivity contribution >= 4 is 16.8 Å². The van der Waals surface area contributed by atoms with Crippen LogP contribution in [-0.4, -0.2) is 10.9 Å². The molecule has 2 aromatic carbocycles. The lowest BCUT2D eigenvalue weighted by molar-refractivity contribution is 0.0995. The number of carbonyl (C=O) groups is 1. The first-order chi connectivity index (χ1) is 9.25. The van der Waals surface area contributed by atoms with E-state index in [2.05, 4.69) is 4.98 Å². The van der Waals surface area contributed by atoms with Crippen molar-refractivity contribution in [3.8, 4) is 0 Å². The van der Waals surface area contributed by atoms with Crippen molar-refractivity contribution in [2.75, 3.05) is 0 Å².